The first-order valence-corrected chi connectivity index (χ1v) is 5.74. The number of amides is 1. The standard InChI is InChI=1S/C11H15BrN2O2/c1-16-9-2-3-10(12)8(6-9)7-14-5-4-11(13)15/h2-3,6,14H,4-5,7H2,1H3,(H2,13,15). The fraction of sp³-hybridized carbons (Fsp3) is 0.364. The second kappa shape index (κ2) is 6.50. The van der Waals surface area contributed by atoms with Crippen molar-refractivity contribution in [2.75, 3.05) is 13.7 Å². The van der Waals surface area contributed by atoms with Crippen molar-refractivity contribution in [1.29, 1.82) is 0 Å². The van der Waals surface area contributed by atoms with E-state index >= 15 is 0 Å². The fourth-order valence-corrected chi connectivity index (χ4v) is 1.64. The summed E-state index contributed by atoms with van der Waals surface area (Å²) in [6.07, 6.45) is 0.349. The molecule has 16 heavy (non-hydrogen) atoms. The molecule has 0 unspecified atom stereocenters. The van der Waals surface area contributed by atoms with Gasteiger partial charge in [0.15, 0.2) is 0 Å². The number of carbonyl (C=O) groups excluding carboxylic acids is 1. The van der Waals surface area contributed by atoms with Crippen LogP contribution in [0.2, 0.25) is 0 Å². The Bertz CT molecular complexity index is 369. The number of ether oxygens (including phenoxy) is 1. The van der Waals surface area contributed by atoms with Crippen molar-refractivity contribution in [2.24, 2.45) is 5.73 Å². The van der Waals surface area contributed by atoms with Gasteiger partial charge in [-0.1, -0.05) is 15.9 Å². The van der Waals surface area contributed by atoms with Crippen LogP contribution < -0.4 is 15.8 Å². The topological polar surface area (TPSA) is 64.3 Å². The highest BCUT2D eigenvalue weighted by molar-refractivity contribution is 9.10. The molecule has 0 spiro atoms. The van der Waals surface area contributed by atoms with Crippen molar-refractivity contribution in [3.63, 3.8) is 0 Å². The number of halogens is 1. The van der Waals surface area contributed by atoms with Gasteiger partial charge >= 0.3 is 0 Å². The van der Waals surface area contributed by atoms with Crippen LogP contribution in [0, 0.1) is 0 Å². The maximum absolute atomic E-state index is 10.5. The van der Waals surface area contributed by atoms with Crippen LogP contribution in [0.15, 0.2) is 22.7 Å². The zero-order valence-electron chi connectivity index (χ0n) is 9.13. The highest BCUT2D eigenvalue weighted by Gasteiger charge is 2.02. The lowest BCUT2D eigenvalue weighted by Gasteiger charge is -2.08. The van der Waals surface area contributed by atoms with E-state index in [9.17, 15) is 4.79 Å². The summed E-state index contributed by atoms with van der Waals surface area (Å²) in [6.45, 7) is 1.25. The van der Waals surface area contributed by atoms with Crippen molar-refractivity contribution < 1.29 is 9.53 Å². The van der Waals surface area contributed by atoms with Gasteiger partial charge in [0, 0.05) is 24.0 Å². The van der Waals surface area contributed by atoms with E-state index in [0.29, 0.717) is 19.5 Å². The molecular weight excluding hydrogens is 272 g/mol. The van der Waals surface area contributed by atoms with Crippen molar-refractivity contribution >= 4 is 21.8 Å². The van der Waals surface area contributed by atoms with Crippen LogP contribution >= 0.6 is 15.9 Å². The van der Waals surface area contributed by atoms with Gasteiger partial charge in [0.2, 0.25) is 5.91 Å². The molecule has 0 heterocycles. The fourth-order valence-electron chi connectivity index (χ4n) is 1.25. The van der Waals surface area contributed by atoms with E-state index in [1.165, 1.54) is 0 Å². The van der Waals surface area contributed by atoms with Gasteiger partial charge < -0.3 is 15.8 Å². The summed E-state index contributed by atoms with van der Waals surface area (Å²) in [6, 6.07) is 5.77. The molecule has 0 atom stereocenters. The van der Waals surface area contributed by atoms with E-state index in [0.717, 1.165) is 15.8 Å². The Hall–Kier alpha value is -1.07. The zero-order valence-corrected chi connectivity index (χ0v) is 10.7. The third kappa shape index (κ3) is 4.20. The Morgan fingerprint density at radius 1 is 1.56 bits per heavy atom. The molecule has 0 fully saturated rings. The van der Waals surface area contributed by atoms with Crippen LogP contribution in [0.1, 0.15) is 12.0 Å². The predicted molar refractivity (Wildman–Crippen MR) is 66.2 cm³/mol. The summed E-state index contributed by atoms with van der Waals surface area (Å²) >= 11 is 3.45. The van der Waals surface area contributed by atoms with Crippen LogP contribution in [0.3, 0.4) is 0 Å². The molecular formula is C11H15BrN2O2. The quantitative estimate of drug-likeness (QED) is 0.778. The summed E-state index contributed by atoms with van der Waals surface area (Å²) < 4.78 is 6.15. The Morgan fingerprint density at radius 3 is 2.94 bits per heavy atom. The van der Waals surface area contributed by atoms with Gasteiger partial charge in [-0.25, -0.2) is 0 Å². The molecule has 1 rings (SSSR count). The number of nitrogens with two attached hydrogens (primary N) is 1. The largest absolute Gasteiger partial charge is 0.497 e. The number of primary amides is 1. The molecule has 88 valence electrons. The minimum atomic E-state index is -0.294. The van der Waals surface area contributed by atoms with Crippen molar-refractivity contribution in [3.8, 4) is 5.75 Å². The lowest BCUT2D eigenvalue weighted by atomic mass is 10.2. The molecule has 0 saturated heterocycles. The normalized spacial score (nSPS) is 10.1. The van der Waals surface area contributed by atoms with Crippen LogP contribution in [0.25, 0.3) is 0 Å². The first kappa shape index (κ1) is 13.0. The molecule has 0 aromatic heterocycles. The third-order valence-corrected chi connectivity index (χ3v) is 2.89. The molecule has 1 aromatic rings. The summed E-state index contributed by atoms with van der Waals surface area (Å²) in [5.74, 6) is 0.520. The number of rotatable bonds is 6. The summed E-state index contributed by atoms with van der Waals surface area (Å²) in [7, 11) is 1.63. The summed E-state index contributed by atoms with van der Waals surface area (Å²) in [5, 5.41) is 3.14. The number of hydrogen-bond donors (Lipinski definition) is 2. The Balaban J connectivity index is 2.49. The average Bonchev–Trinajstić information content (AvgIpc) is 2.26. The number of nitrogens with one attached hydrogen (secondary N) is 1. The molecule has 0 aliphatic rings. The molecule has 0 radical (unpaired) electrons. The monoisotopic (exact) mass is 286 g/mol. The minimum absolute atomic E-state index is 0.294. The highest BCUT2D eigenvalue weighted by atomic mass is 79.9. The van der Waals surface area contributed by atoms with Gasteiger partial charge in [-0.2, -0.15) is 0 Å². The average molecular weight is 287 g/mol. The lowest BCUT2D eigenvalue weighted by Crippen LogP contribution is -2.21. The molecule has 5 heteroatoms. The van der Waals surface area contributed by atoms with Crippen molar-refractivity contribution in [1.82, 2.24) is 5.32 Å². The van der Waals surface area contributed by atoms with E-state index in [1.807, 2.05) is 18.2 Å². The van der Waals surface area contributed by atoms with E-state index in [2.05, 4.69) is 21.2 Å². The molecule has 3 N–H and O–H groups in total. The molecule has 0 aliphatic heterocycles. The minimum Gasteiger partial charge on any atom is -0.497 e. The van der Waals surface area contributed by atoms with Gasteiger partial charge in [-0.05, 0) is 23.8 Å². The maximum atomic E-state index is 10.5. The van der Waals surface area contributed by atoms with Gasteiger partial charge in [-0.15, -0.1) is 0 Å². The number of hydrogen-bond acceptors (Lipinski definition) is 3. The number of carbonyl (C=O) groups is 1. The van der Waals surface area contributed by atoms with Gasteiger partial charge in [-0.3, -0.25) is 4.79 Å². The third-order valence-electron chi connectivity index (χ3n) is 2.12. The molecule has 4 nitrogen and oxygen atoms in total. The number of methoxy groups -OCH3 is 1. The zero-order chi connectivity index (χ0) is 12.0. The molecule has 1 aromatic carbocycles. The Morgan fingerprint density at radius 2 is 2.31 bits per heavy atom. The van der Waals surface area contributed by atoms with Crippen molar-refractivity contribution in [2.45, 2.75) is 13.0 Å². The SMILES string of the molecule is COc1ccc(Br)c(CNCCC(N)=O)c1. The second-order valence-electron chi connectivity index (χ2n) is 3.35. The molecule has 0 bridgehead atoms. The van der Waals surface area contributed by atoms with E-state index in [4.69, 9.17) is 10.5 Å². The highest BCUT2D eigenvalue weighted by Crippen LogP contribution is 2.22. The predicted octanol–water partition coefficient (Wildman–Crippen LogP) is 1.42. The lowest BCUT2D eigenvalue weighted by molar-refractivity contribution is -0.117. The van der Waals surface area contributed by atoms with Crippen LogP contribution in [-0.4, -0.2) is 19.6 Å². The van der Waals surface area contributed by atoms with E-state index < -0.39 is 0 Å². The summed E-state index contributed by atoms with van der Waals surface area (Å²) in [4.78, 5) is 10.5. The second-order valence-corrected chi connectivity index (χ2v) is 4.20. The van der Waals surface area contributed by atoms with E-state index in [1.54, 1.807) is 7.11 Å². The first-order chi connectivity index (χ1) is 7.63. The molecule has 0 saturated carbocycles. The van der Waals surface area contributed by atoms with Crippen LogP contribution in [-0.2, 0) is 11.3 Å². The van der Waals surface area contributed by atoms with Crippen molar-refractivity contribution in [3.05, 3.63) is 28.2 Å². The Kier molecular flexibility index (Phi) is 5.28. The van der Waals surface area contributed by atoms with Crippen LogP contribution in [0.4, 0.5) is 0 Å². The molecule has 1 amide bonds. The number of benzene rings is 1. The Labute approximate surface area is 103 Å². The smallest absolute Gasteiger partial charge is 0.218 e. The van der Waals surface area contributed by atoms with Crippen LogP contribution in [0.5, 0.6) is 5.75 Å². The maximum Gasteiger partial charge on any atom is 0.218 e. The van der Waals surface area contributed by atoms with Gasteiger partial charge in [0.25, 0.3) is 0 Å². The van der Waals surface area contributed by atoms with Gasteiger partial charge in [0.1, 0.15) is 5.75 Å². The first-order valence-electron chi connectivity index (χ1n) is 4.95. The van der Waals surface area contributed by atoms with E-state index in [-0.39, 0.29) is 5.91 Å². The molecule has 0 aliphatic carbocycles. The van der Waals surface area contributed by atoms with Gasteiger partial charge in [0.05, 0.1) is 7.11 Å². The summed E-state index contributed by atoms with van der Waals surface area (Å²) in [5.41, 5.74) is 6.13.